The van der Waals surface area contributed by atoms with Crippen molar-refractivity contribution in [2.45, 2.75) is 40.0 Å². The van der Waals surface area contributed by atoms with Crippen LogP contribution in [0.1, 0.15) is 41.0 Å². The Kier molecular flexibility index (Phi) is 6.48. The predicted molar refractivity (Wildman–Crippen MR) is 110 cm³/mol. The third kappa shape index (κ3) is 5.00. The molecule has 1 amide bonds. The lowest BCUT2D eigenvalue weighted by Crippen LogP contribution is -2.26. The smallest absolute Gasteiger partial charge is 0.253 e. The van der Waals surface area contributed by atoms with Crippen molar-refractivity contribution in [2.24, 2.45) is 0 Å². The van der Waals surface area contributed by atoms with Crippen LogP contribution < -0.4 is 4.74 Å². The van der Waals surface area contributed by atoms with Crippen molar-refractivity contribution in [2.75, 3.05) is 7.05 Å². The number of rotatable bonds is 8. The van der Waals surface area contributed by atoms with E-state index in [1.165, 1.54) is 5.56 Å². The van der Waals surface area contributed by atoms with E-state index in [0.29, 0.717) is 18.7 Å². The second-order valence-electron chi connectivity index (χ2n) is 6.81. The van der Waals surface area contributed by atoms with Gasteiger partial charge in [-0.1, -0.05) is 31.2 Å². The van der Waals surface area contributed by atoms with Gasteiger partial charge in [-0.15, -0.1) is 0 Å². The average molecular weight is 377 g/mol. The Morgan fingerprint density at radius 2 is 1.68 bits per heavy atom. The summed E-state index contributed by atoms with van der Waals surface area (Å²) in [6, 6.07) is 17.7. The first kappa shape index (κ1) is 19.7. The van der Waals surface area contributed by atoms with Crippen LogP contribution in [0, 0.1) is 0 Å². The minimum absolute atomic E-state index is 0.0197. The Hall–Kier alpha value is -3.08. The van der Waals surface area contributed by atoms with Crippen molar-refractivity contribution in [3.05, 3.63) is 83.2 Å². The first-order valence-electron chi connectivity index (χ1n) is 9.67. The molecule has 0 radical (unpaired) electrons. The van der Waals surface area contributed by atoms with Gasteiger partial charge >= 0.3 is 0 Å². The number of carbonyl (C=O) groups excluding carboxylic acids is 1. The van der Waals surface area contributed by atoms with Crippen molar-refractivity contribution in [3.63, 3.8) is 0 Å². The van der Waals surface area contributed by atoms with E-state index in [9.17, 15) is 4.79 Å². The molecule has 146 valence electrons. The molecule has 5 heteroatoms. The fourth-order valence-electron chi connectivity index (χ4n) is 2.93. The van der Waals surface area contributed by atoms with E-state index in [0.717, 1.165) is 30.0 Å². The van der Waals surface area contributed by atoms with Crippen LogP contribution in [0.25, 0.3) is 0 Å². The summed E-state index contributed by atoms with van der Waals surface area (Å²) < 4.78 is 7.68. The number of carbonyl (C=O) groups is 1. The maximum absolute atomic E-state index is 12.6. The zero-order valence-corrected chi connectivity index (χ0v) is 16.8. The Morgan fingerprint density at radius 3 is 2.29 bits per heavy atom. The molecule has 3 rings (SSSR count). The molecular weight excluding hydrogens is 350 g/mol. The van der Waals surface area contributed by atoms with Crippen LogP contribution in [0.15, 0.2) is 60.8 Å². The minimum atomic E-state index is -0.0197. The van der Waals surface area contributed by atoms with Crippen LogP contribution in [-0.4, -0.2) is 27.6 Å². The van der Waals surface area contributed by atoms with E-state index < -0.39 is 0 Å². The fourth-order valence-corrected chi connectivity index (χ4v) is 2.93. The number of hydrogen-bond acceptors (Lipinski definition) is 3. The molecular formula is C23H27N3O2. The molecule has 0 bridgehead atoms. The molecule has 0 aliphatic carbocycles. The SMILES string of the molecule is CCc1ccc(OCc2ccc(C(=O)N(C)Cc3ccn(CC)n3)cc2)cc1. The van der Waals surface area contributed by atoms with E-state index in [4.69, 9.17) is 4.74 Å². The van der Waals surface area contributed by atoms with Crippen molar-refractivity contribution in [3.8, 4) is 5.75 Å². The molecule has 0 aliphatic heterocycles. The quantitative estimate of drug-likeness (QED) is 0.587. The molecule has 1 aromatic heterocycles. The molecule has 0 N–H and O–H groups in total. The summed E-state index contributed by atoms with van der Waals surface area (Å²) in [7, 11) is 1.80. The molecule has 0 aliphatic rings. The number of hydrogen-bond donors (Lipinski definition) is 0. The van der Waals surface area contributed by atoms with Gasteiger partial charge in [0.25, 0.3) is 5.91 Å². The summed E-state index contributed by atoms with van der Waals surface area (Å²) in [5.74, 6) is 0.831. The molecule has 0 saturated heterocycles. The molecule has 2 aromatic carbocycles. The van der Waals surface area contributed by atoms with E-state index >= 15 is 0 Å². The van der Waals surface area contributed by atoms with Gasteiger partial charge in [0.05, 0.1) is 12.2 Å². The van der Waals surface area contributed by atoms with Crippen LogP contribution >= 0.6 is 0 Å². The normalized spacial score (nSPS) is 10.7. The van der Waals surface area contributed by atoms with Crippen LogP contribution in [-0.2, 0) is 26.1 Å². The van der Waals surface area contributed by atoms with Gasteiger partial charge in [0.2, 0.25) is 0 Å². The summed E-state index contributed by atoms with van der Waals surface area (Å²) in [6.07, 6.45) is 2.95. The summed E-state index contributed by atoms with van der Waals surface area (Å²) in [6.45, 7) is 5.96. The third-order valence-corrected chi connectivity index (χ3v) is 4.70. The Balaban J connectivity index is 1.55. The molecule has 28 heavy (non-hydrogen) atoms. The van der Waals surface area contributed by atoms with Gasteiger partial charge < -0.3 is 9.64 Å². The van der Waals surface area contributed by atoms with Gasteiger partial charge in [-0.2, -0.15) is 5.10 Å². The first-order chi connectivity index (χ1) is 13.6. The van der Waals surface area contributed by atoms with Gasteiger partial charge in [0, 0.05) is 25.4 Å². The first-order valence-corrected chi connectivity index (χ1v) is 9.67. The van der Waals surface area contributed by atoms with Gasteiger partial charge in [0.15, 0.2) is 0 Å². The number of ether oxygens (including phenoxy) is 1. The lowest BCUT2D eigenvalue weighted by atomic mass is 10.1. The highest BCUT2D eigenvalue weighted by atomic mass is 16.5. The lowest BCUT2D eigenvalue weighted by Gasteiger charge is -2.16. The number of amides is 1. The second kappa shape index (κ2) is 9.22. The Bertz CT molecular complexity index is 898. The molecule has 0 saturated carbocycles. The topological polar surface area (TPSA) is 47.4 Å². The summed E-state index contributed by atoms with van der Waals surface area (Å²) in [5, 5.41) is 4.43. The number of nitrogens with zero attached hydrogens (tertiary/aromatic N) is 3. The molecule has 1 heterocycles. The monoisotopic (exact) mass is 377 g/mol. The molecule has 0 spiro atoms. The van der Waals surface area contributed by atoms with Crippen molar-refractivity contribution in [1.82, 2.24) is 14.7 Å². The summed E-state index contributed by atoms with van der Waals surface area (Å²) in [5.41, 5.74) is 3.87. The highest BCUT2D eigenvalue weighted by Gasteiger charge is 2.13. The third-order valence-electron chi connectivity index (χ3n) is 4.70. The zero-order chi connectivity index (χ0) is 19.9. The molecule has 0 unspecified atom stereocenters. The predicted octanol–water partition coefficient (Wildman–Crippen LogP) is 4.32. The van der Waals surface area contributed by atoms with Crippen LogP contribution in [0.2, 0.25) is 0 Å². The Labute approximate surface area is 166 Å². The lowest BCUT2D eigenvalue weighted by molar-refractivity contribution is 0.0783. The summed E-state index contributed by atoms with van der Waals surface area (Å²) in [4.78, 5) is 14.3. The van der Waals surface area contributed by atoms with E-state index in [2.05, 4.69) is 24.2 Å². The van der Waals surface area contributed by atoms with Crippen LogP contribution in [0.4, 0.5) is 0 Å². The maximum Gasteiger partial charge on any atom is 0.253 e. The molecule has 3 aromatic rings. The van der Waals surface area contributed by atoms with Gasteiger partial charge in [0.1, 0.15) is 12.4 Å². The second-order valence-corrected chi connectivity index (χ2v) is 6.81. The fraction of sp³-hybridized carbons (Fsp3) is 0.304. The van der Waals surface area contributed by atoms with E-state index in [-0.39, 0.29) is 5.91 Å². The highest BCUT2D eigenvalue weighted by Crippen LogP contribution is 2.15. The highest BCUT2D eigenvalue weighted by molar-refractivity contribution is 5.94. The van der Waals surface area contributed by atoms with Crippen LogP contribution in [0.5, 0.6) is 5.75 Å². The number of aromatic nitrogens is 2. The van der Waals surface area contributed by atoms with Crippen molar-refractivity contribution >= 4 is 5.91 Å². The van der Waals surface area contributed by atoms with Gasteiger partial charge in [-0.3, -0.25) is 9.48 Å². The molecule has 5 nitrogen and oxygen atoms in total. The molecule has 0 atom stereocenters. The van der Waals surface area contributed by atoms with Gasteiger partial charge in [-0.25, -0.2) is 0 Å². The number of benzene rings is 2. The average Bonchev–Trinajstić information content (AvgIpc) is 3.20. The minimum Gasteiger partial charge on any atom is -0.489 e. The standard InChI is InChI=1S/C23H27N3O2/c1-4-18-8-12-22(13-9-18)28-17-19-6-10-20(11-7-19)23(27)25(3)16-21-14-15-26(5-2)24-21/h6-15H,4-5,16-17H2,1-3H3. The van der Waals surface area contributed by atoms with Crippen molar-refractivity contribution in [1.29, 1.82) is 0 Å². The van der Waals surface area contributed by atoms with E-state index in [1.54, 1.807) is 11.9 Å². The Morgan fingerprint density at radius 1 is 1.00 bits per heavy atom. The maximum atomic E-state index is 12.6. The molecule has 0 fully saturated rings. The van der Waals surface area contributed by atoms with E-state index in [1.807, 2.05) is 60.3 Å². The van der Waals surface area contributed by atoms with Gasteiger partial charge in [-0.05, 0) is 54.8 Å². The van der Waals surface area contributed by atoms with Crippen LogP contribution in [0.3, 0.4) is 0 Å². The number of aryl methyl sites for hydroxylation is 2. The van der Waals surface area contributed by atoms with Crippen molar-refractivity contribution < 1.29 is 9.53 Å². The summed E-state index contributed by atoms with van der Waals surface area (Å²) >= 11 is 0. The largest absolute Gasteiger partial charge is 0.489 e. The zero-order valence-electron chi connectivity index (χ0n) is 16.8.